The number of nitrogens with zero attached hydrogens (tertiary/aromatic N) is 1. The number of carbonyl (C=O) groups excluding carboxylic acids is 1. The zero-order valence-corrected chi connectivity index (χ0v) is 11.0. The van der Waals surface area contributed by atoms with E-state index in [0.717, 1.165) is 19.0 Å². The number of rotatable bonds is 6. The largest absolute Gasteiger partial charge is 0.342 e. The molecule has 3 nitrogen and oxygen atoms in total. The summed E-state index contributed by atoms with van der Waals surface area (Å²) in [4.78, 5) is 13.7. The van der Waals surface area contributed by atoms with Gasteiger partial charge in [0.05, 0.1) is 6.54 Å². The lowest BCUT2D eigenvalue weighted by Crippen LogP contribution is -2.42. The first kappa shape index (κ1) is 13.5. The van der Waals surface area contributed by atoms with Gasteiger partial charge in [-0.25, -0.2) is 0 Å². The van der Waals surface area contributed by atoms with Gasteiger partial charge in [-0.3, -0.25) is 4.79 Å². The van der Waals surface area contributed by atoms with Gasteiger partial charge in [0.1, 0.15) is 0 Å². The summed E-state index contributed by atoms with van der Waals surface area (Å²) < 4.78 is 0. The fourth-order valence-corrected chi connectivity index (χ4v) is 2.70. The summed E-state index contributed by atoms with van der Waals surface area (Å²) >= 11 is 0. The lowest BCUT2D eigenvalue weighted by molar-refractivity contribution is -0.130. The van der Waals surface area contributed by atoms with E-state index in [1.54, 1.807) is 0 Å². The molecular weight excluding hydrogens is 200 g/mol. The van der Waals surface area contributed by atoms with Crippen LogP contribution in [0.15, 0.2) is 0 Å². The lowest BCUT2D eigenvalue weighted by atomic mass is 10.0. The summed E-state index contributed by atoms with van der Waals surface area (Å²) in [5, 5.41) is 3.44. The van der Waals surface area contributed by atoms with Gasteiger partial charge in [-0.2, -0.15) is 0 Å². The minimum Gasteiger partial charge on any atom is -0.342 e. The van der Waals surface area contributed by atoms with E-state index < -0.39 is 0 Å². The third-order valence-electron chi connectivity index (χ3n) is 3.82. The van der Waals surface area contributed by atoms with E-state index in [4.69, 9.17) is 0 Å². The van der Waals surface area contributed by atoms with Crippen molar-refractivity contribution < 1.29 is 4.79 Å². The van der Waals surface area contributed by atoms with Crippen molar-refractivity contribution in [2.24, 2.45) is 5.92 Å². The summed E-state index contributed by atoms with van der Waals surface area (Å²) in [7, 11) is 0. The van der Waals surface area contributed by atoms with Crippen LogP contribution in [-0.4, -0.2) is 36.5 Å². The lowest BCUT2D eigenvalue weighted by Gasteiger charge is -2.23. The maximum absolute atomic E-state index is 11.8. The molecule has 0 aliphatic heterocycles. The van der Waals surface area contributed by atoms with Crippen LogP contribution in [0.3, 0.4) is 0 Å². The first-order valence-electron chi connectivity index (χ1n) is 6.74. The minimum absolute atomic E-state index is 0.242. The fraction of sp³-hybridized carbons (Fsp3) is 0.923. The molecule has 16 heavy (non-hydrogen) atoms. The van der Waals surface area contributed by atoms with Crippen LogP contribution < -0.4 is 5.32 Å². The van der Waals surface area contributed by atoms with Gasteiger partial charge in [0.2, 0.25) is 5.91 Å². The Kier molecular flexibility index (Phi) is 5.81. The molecule has 0 heterocycles. The van der Waals surface area contributed by atoms with Crippen LogP contribution in [0.4, 0.5) is 0 Å². The smallest absolute Gasteiger partial charge is 0.236 e. The van der Waals surface area contributed by atoms with E-state index >= 15 is 0 Å². The monoisotopic (exact) mass is 226 g/mol. The Bertz CT molecular complexity index is 214. The van der Waals surface area contributed by atoms with Crippen molar-refractivity contribution in [1.82, 2.24) is 10.2 Å². The molecule has 0 saturated heterocycles. The Morgan fingerprint density at radius 3 is 2.50 bits per heavy atom. The standard InChI is InChI=1S/C13H26N2O/c1-4-11-8-7-9-12(11)14-10-13(16)15(5-2)6-3/h11-12,14H,4-10H2,1-3H3. The third-order valence-corrected chi connectivity index (χ3v) is 3.82. The molecule has 3 heteroatoms. The fourth-order valence-electron chi connectivity index (χ4n) is 2.70. The molecule has 1 N–H and O–H groups in total. The maximum Gasteiger partial charge on any atom is 0.236 e. The van der Waals surface area contributed by atoms with Crippen LogP contribution in [0.2, 0.25) is 0 Å². The highest BCUT2D eigenvalue weighted by atomic mass is 16.2. The molecule has 1 amide bonds. The van der Waals surface area contributed by atoms with Gasteiger partial charge in [0.15, 0.2) is 0 Å². The van der Waals surface area contributed by atoms with Crippen LogP contribution in [0.25, 0.3) is 0 Å². The third kappa shape index (κ3) is 3.48. The van der Waals surface area contributed by atoms with Gasteiger partial charge in [0, 0.05) is 19.1 Å². The number of likely N-dealkylation sites (N-methyl/N-ethyl adjacent to an activating group) is 1. The molecule has 0 aromatic rings. The van der Waals surface area contributed by atoms with Crippen molar-refractivity contribution in [2.75, 3.05) is 19.6 Å². The minimum atomic E-state index is 0.242. The summed E-state index contributed by atoms with van der Waals surface area (Å²) in [6, 6.07) is 0.574. The SMILES string of the molecule is CCC1CCCC1NCC(=O)N(CC)CC. The zero-order chi connectivity index (χ0) is 12.0. The summed E-state index contributed by atoms with van der Waals surface area (Å²) in [6.45, 7) is 8.47. The van der Waals surface area contributed by atoms with Gasteiger partial charge in [-0.05, 0) is 32.6 Å². The second kappa shape index (κ2) is 6.89. The first-order chi connectivity index (χ1) is 7.72. The molecule has 1 aliphatic rings. The number of hydrogen-bond donors (Lipinski definition) is 1. The number of hydrogen-bond acceptors (Lipinski definition) is 2. The molecule has 94 valence electrons. The van der Waals surface area contributed by atoms with E-state index in [9.17, 15) is 4.79 Å². The Morgan fingerprint density at radius 1 is 1.25 bits per heavy atom. The summed E-state index contributed by atoms with van der Waals surface area (Å²) in [6.07, 6.45) is 5.12. The number of amides is 1. The van der Waals surface area contributed by atoms with E-state index in [-0.39, 0.29) is 5.91 Å². The highest BCUT2D eigenvalue weighted by Crippen LogP contribution is 2.27. The molecule has 0 spiro atoms. The van der Waals surface area contributed by atoms with Crippen molar-refractivity contribution in [3.63, 3.8) is 0 Å². The molecule has 2 unspecified atom stereocenters. The molecule has 0 aromatic heterocycles. The molecule has 1 aliphatic carbocycles. The van der Waals surface area contributed by atoms with Crippen molar-refractivity contribution in [1.29, 1.82) is 0 Å². The van der Waals surface area contributed by atoms with Crippen LogP contribution >= 0.6 is 0 Å². The van der Waals surface area contributed by atoms with Crippen LogP contribution in [-0.2, 0) is 4.79 Å². The van der Waals surface area contributed by atoms with Crippen molar-refractivity contribution in [2.45, 2.75) is 52.5 Å². The Hall–Kier alpha value is -0.570. The Labute approximate surface area is 99.6 Å². The molecule has 1 fully saturated rings. The molecule has 0 aromatic carbocycles. The van der Waals surface area contributed by atoms with Crippen LogP contribution in [0.1, 0.15) is 46.5 Å². The van der Waals surface area contributed by atoms with Crippen molar-refractivity contribution in [3.05, 3.63) is 0 Å². The summed E-state index contributed by atoms with van der Waals surface area (Å²) in [5.41, 5.74) is 0. The second-order valence-electron chi connectivity index (χ2n) is 4.65. The molecule has 0 radical (unpaired) electrons. The Balaban J connectivity index is 2.30. The average Bonchev–Trinajstić information content (AvgIpc) is 2.75. The Morgan fingerprint density at radius 2 is 1.94 bits per heavy atom. The van der Waals surface area contributed by atoms with E-state index in [2.05, 4.69) is 12.2 Å². The summed E-state index contributed by atoms with van der Waals surface area (Å²) in [5.74, 6) is 1.02. The predicted molar refractivity (Wildman–Crippen MR) is 67.4 cm³/mol. The van der Waals surface area contributed by atoms with Crippen molar-refractivity contribution >= 4 is 5.91 Å². The second-order valence-corrected chi connectivity index (χ2v) is 4.65. The quantitative estimate of drug-likeness (QED) is 0.751. The number of carbonyl (C=O) groups is 1. The van der Waals surface area contributed by atoms with Crippen molar-refractivity contribution in [3.8, 4) is 0 Å². The van der Waals surface area contributed by atoms with E-state index in [1.165, 1.54) is 25.7 Å². The average molecular weight is 226 g/mol. The zero-order valence-electron chi connectivity index (χ0n) is 11.0. The first-order valence-corrected chi connectivity index (χ1v) is 6.74. The highest BCUT2D eigenvalue weighted by molar-refractivity contribution is 5.78. The molecular formula is C13H26N2O. The van der Waals surface area contributed by atoms with Gasteiger partial charge in [-0.15, -0.1) is 0 Å². The topological polar surface area (TPSA) is 32.3 Å². The van der Waals surface area contributed by atoms with Gasteiger partial charge in [-0.1, -0.05) is 19.8 Å². The van der Waals surface area contributed by atoms with Gasteiger partial charge < -0.3 is 10.2 Å². The van der Waals surface area contributed by atoms with Gasteiger partial charge >= 0.3 is 0 Å². The maximum atomic E-state index is 11.8. The van der Waals surface area contributed by atoms with Gasteiger partial charge in [0.25, 0.3) is 0 Å². The predicted octanol–water partition coefficient (Wildman–Crippen LogP) is 2.02. The van der Waals surface area contributed by atoms with Crippen LogP contribution in [0.5, 0.6) is 0 Å². The molecule has 0 bridgehead atoms. The highest BCUT2D eigenvalue weighted by Gasteiger charge is 2.25. The molecule has 1 rings (SSSR count). The molecule has 2 atom stereocenters. The normalized spacial score (nSPS) is 24.7. The van der Waals surface area contributed by atoms with E-state index in [0.29, 0.717) is 12.6 Å². The van der Waals surface area contributed by atoms with E-state index in [1.807, 2.05) is 18.7 Å². The van der Waals surface area contributed by atoms with Crippen LogP contribution in [0, 0.1) is 5.92 Å². The number of nitrogens with one attached hydrogen (secondary N) is 1. The molecule has 1 saturated carbocycles.